The van der Waals surface area contributed by atoms with Crippen LogP contribution in [0.1, 0.15) is 41.4 Å². The van der Waals surface area contributed by atoms with Crippen LogP contribution in [0.4, 0.5) is 0 Å². The number of nitrogens with one attached hydrogen (secondary N) is 3. The summed E-state index contributed by atoms with van der Waals surface area (Å²) in [4.78, 5) is 19.0. The van der Waals surface area contributed by atoms with Crippen molar-refractivity contribution < 1.29 is 9.21 Å². The van der Waals surface area contributed by atoms with Crippen molar-refractivity contribution >= 4 is 47.4 Å². The molecule has 2 heterocycles. The molecule has 0 radical (unpaired) electrons. The van der Waals surface area contributed by atoms with Gasteiger partial charge >= 0.3 is 0 Å². The number of guanidine groups is 1. The third kappa shape index (κ3) is 7.69. The van der Waals surface area contributed by atoms with Gasteiger partial charge in [0.05, 0.1) is 22.9 Å². The van der Waals surface area contributed by atoms with E-state index in [0.717, 1.165) is 18.8 Å². The van der Waals surface area contributed by atoms with Crippen molar-refractivity contribution in [2.75, 3.05) is 39.8 Å². The Bertz CT molecular complexity index is 825. The van der Waals surface area contributed by atoms with Crippen LogP contribution < -0.4 is 16.0 Å². The standard InChI is InChI=1S/C22H30ClN5O2.HI/c1-24-22(26-12-11-25-21(29)17-8-3-4-9-18(17)23)27-16-19(20-10-7-15-30-20)28-13-5-2-6-14-28;/h3-4,7-10,15,19H,2,5-6,11-14,16H2,1H3,(H,25,29)(H2,24,26,27);1H. The third-order valence-electron chi connectivity index (χ3n) is 5.21. The number of halogens is 2. The number of amides is 1. The van der Waals surface area contributed by atoms with E-state index in [1.165, 1.54) is 19.3 Å². The Hall–Kier alpha value is -1.78. The van der Waals surface area contributed by atoms with Gasteiger partial charge in [-0.2, -0.15) is 0 Å². The summed E-state index contributed by atoms with van der Waals surface area (Å²) in [6, 6.07) is 11.1. The lowest BCUT2D eigenvalue weighted by Gasteiger charge is -2.33. The zero-order chi connectivity index (χ0) is 21.2. The summed E-state index contributed by atoms with van der Waals surface area (Å²) in [6.07, 6.45) is 5.45. The molecule has 9 heteroatoms. The Labute approximate surface area is 206 Å². The molecule has 170 valence electrons. The van der Waals surface area contributed by atoms with E-state index in [-0.39, 0.29) is 35.9 Å². The van der Waals surface area contributed by atoms with Gasteiger partial charge in [-0.3, -0.25) is 14.7 Å². The summed E-state index contributed by atoms with van der Waals surface area (Å²) in [6.45, 7) is 3.85. The fraction of sp³-hybridized carbons (Fsp3) is 0.455. The maximum absolute atomic E-state index is 12.2. The highest BCUT2D eigenvalue weighted by Gasteiger charge is 2.24. The van der Waals surface area contributed by atoms with Crippen molar-refractivity contribution in [1.82, 2.24) is 20.9 Å². The predicted octanol–water partition coefficient (Wildman–Crippen LogP) is 3.67. The predicted molar refractivity (Wildman–Crippen MR) is 135 cm³/mol. The number of piperidine rings is 1. The van der Waals surface area contributed by atoms with Crippen LogP contribution in [0, 0.1) is 0 Å². The summed E-state index contributed by atoms with van der Waals surface area (Å²) >= 11 is 6.06. The van der Waals surface area contributed by atoms with E-state index in [4.69, 9.17) is 16.0 Å². The fourth-order valence-electron chi connectivity index (χ4n) is 3.63. The molecule has 1 aromatic carbocycles. The minimum Gasteiger partial charge on any atom is -0.468 e. The SMILES string of the molecule is CN=C(NCCNC(=O)c1ccccc1Cl)NCC(c1ccco1)N1CCCCC1.I. The zero-order valence-corrected chi connectivity index (χ0v) is 20.9. The molecule has 7 nitrogen and oxygen atoms in total. The second kappa shape index (κ2) is 13.6. The second-order valence-corrected chi connectivity index (χ2v) is 7.65. The lowest BCUT2D eigenvalue weighted by molar-refractivity contribution is 0.0954. The van der Waals surface area contributed by atoms with Crippen molar-refractivity contribution in [3.05, 3.63) is 59.0 Å². The van der Waals surface area contributed by atoms with Crippen molar-refractivity contribution in [3.8, 4) is 0 Å². The number of nitrogens with zero attached hydrogens (tertiary/aromatic N) is 2. The van der Waals surface area contributed by atoms with Gasteiger partial charge in [0.1, 0.15) is 5.76 Å². The quantitative estimate of drug-likeness (QED) is 0.199. The maximum atomic E-state index is 12.2. The second-order valence-electron chi connectivity index (χ2n) is 7.24. The van der Waals surface area contributed by atoms with Crippen LogP contribution in [0.3, 0.4) is 0 Å². The van der Waals surface area contributed by atoms with Crippen LogP contribution >= 0.6 is 35.6 Å². The molecule has 1 amide bonds. The number of carbonyl (C=O) groups excluding carboxylic acids is 1. The highest BCUT2D eigenvalue weighted by Crippen LogP contribution is 2.24. The van der Waals surface area contributed by atoms with Gasteiger partial charge in [0.15, 0.2) is 5.96 Å². The molecule has 1 unspecified atom stereocenters. The van der Waals surface area contributed by atoms with Crippen molar-refractivity contribution in [2.24, 2.45) is 4.99 Å². The number of hydrogen-bond donors (Lipinski definition) is 3. The Morgan fingerprint density at radius 2 is 1.84 bits per heavy atom. The molecule has 0 spiro atoms. The molecule has 1 aromatic heterocycles. The summed E-state index contributed by atoms with van der Waals surface area (Å²) in [7, 11) is 1.74. The normalized spacial score (nSPS) is 15.6. The lowest BCUT2D eigenvalue weighted by atomic mass is 10.1. The molecule has 0 aliphatic carbocycles. The fourth-order valence-corrected chi connectivity index (χ4v) is 3.85. The number of benzene rings is 1. The van der Waals surface area contributed by atoms with Gasteiger partial charge in [-0.05, 0) is 50.2 Å². The molecule has 0 bridgehead atoms. The molecule has 1 atom stereocenters. The number of rotatable bonds is 8. The summed E-state index contributed by atoms with van der Waals surface area (Å²) < 4.78 is 5.69. The Morgan fingerprint density at radius 1 is 1.10 bits per heavy atom. The molecule has 1 fully saturated rings. The molecule has 0 saturated carbocycles. The minimum absolute atomic E-state index is 0. The molecule has 3 N–H and O–H groups in total. The van der Waals surface area contributed by atoms with Gasteiger partial charge in [0.2, 0.25) is 0 Å². The number of aliphatic imine (C=N–C) groups is 1. The lowest BCUT2D eigenvalue weighted by Crippen LogP contribution is -2.46. The van der Waals surface area contributed by atoms with Crippen LogP contribution in [0.15, 0.2) is 52.1 Å². The van der Waals surface area contributed by atoms with Gasteiger partial charge in [0, 0.05) is 26.7 Å². The van der Waals surface area contributed by atoms with E-state index < -0.39 is 0 Å². The average molecular weight is 560 g/mol. The minimum atomic E-state index is -0.187. The zero-order valence-electron chi connectivity index (χ0n) is 17.8. The van der Waals surface area contributed by atoms with Crippen molar-refractivity contribution in [3.63, 3.8) is 0 Å². The topological polar surface area (TPSA) is 81.9 Å². The first-order chi connectivity index (χ1) is 14.7. The van der Waals surface area contributed by atoms with Gasteiger partial charge in [-0.15, -0.1) is 24.0 Å². The number of hydrogen-bond acceptors (Lipinski definition) is 4. The van der Waals surface area contributed by atoms with E-state index in [9.17, 15) is 4.79 Å². The Balaban J connectivity index is 0.00000341. The van der Waals surface area contributed by atoms with Gasteiger partial charge < -0.3 is 20.4 Å². The summed E-state index contributed by atoms with van der Waals surface area (Å²) in [5.41, 5.74) is 0.476. The molecular weight excluding hydrogens is 529 g/mol. The maximum Gasteiger partial charge on any atom is 0.252 e. The first kappa shape index (κ1) is 25.5. The monoisotopic (exact) mass is 559 g/mol. The van der Waals surface area contributed by atoms with E-state index in [0.29, 0.717) is 36.2 Å². The van der Waals surface area contributed by atoms with Crippen LogP contribution in [0.5, 0.6) is 0 Å². The first-order valence-electron chi connectivity index (χ1n) is 10.4. The Morgan fingerprint density at radius 3 is 2.52 bits per heavy atom. The molecule has 1 saturated heterocycles. The molecule has 1 aliphatic heterocycles. The van der Waals surface area contributed by atoms with Crippen molar-refractivity contribution in [2.45, 2.75) is 25.3 Å². The average Bonchev–Trinajstić information content (AvgIpc) is 3.31. The van der Waals surface area contributed by atoms with Gasteiger partial charge in [-0.25, -0.2) is 0 Å². The smallest absolute Gasteiger partial charge is 0.252 e. The third-order valence-corrected chi connectivity index (χ3v) is 5.54. The Kier molecular flexibility index (Phi) is 11.2. The molecule has 2 aromatic rings. The van der Waals surface area contributed by atoms with Crippen LogP contribution in [0.2, 0.25) is 5.02 Å². The number of furan rings is 1. The van der Waals surface area contributed by atoms with E-state index in [1.54, 1.807) is 37.6 Å². The molecule has 1 aliphatic rings. The van der Waals surface area contributed by atoms with Crippen LogP contribution in [0.25, 0.3) is 0 Å². The highest BCUT2D eigenvalue weighted by molar-refractivity contribution is 14.0. The highest BCUT2D eigenvalue weighted by atomic mass is 127. The van der Waals surface area contributed by atoms with Crippen LogP contribution in [-0.4, -0.2) is 56.5 Å². The molecule has 31 heavy (non-hydrogen) atoms. The number of likely N-dealkylation sites (tertiary alicyclic amines) is 1. The number of carbonyl (C=O) groups is 1. The van der Waals surface area contributed by atoms with Gasteiger partial charge in [0.25, 0.3) is 5.91 Å². The van der Waals surface area contributed by atoms with E-state index >= 15 is 0 Å². The largest absolute Gasteiger partial charge is 0.468 e. The molecule has 3 rings (SSSR count). The van der Waals surface area contributed by atoms with E-state index in [2.05, 4.69) is 25.8 Å². The van der Waals surface area contributed by atoms with Crippen LogP contribution in [-0.2, 0) is 0 Å². The van der Waals surface area contributed by atoms with E-state index in [1.807, 2.05) is 12.1 Å². The van der Waals surface area contributed by atoms with Gasteiger partial charge in [-0.1, -0.05) is 30.2 Å². The summed E-state index contributed by atoms with van der Waals surface area (Å²) in [5, 5.41) is 9.94. The molecular formula is C22H31ClIN5O2. The first-order valence-corrected chi connectivity index (χ1v) is 10.8. The summed E-state index contributed by atoms with van der Waals surface area (Å²) in [5.74, 6) is 1.47. The van der Waals surface area contributed by atoms with Crippen molar-refractivity contribution in [1.29, 1.82) is 0 Å².